The largest absolute Gasteiger partial charge is 0.547 e. The number of nitrogen functional groups attached to an aromatic ring is 1. The average Bonchev–Trinajstić information content (AvgIpc) is 3.99. The summed E-state index contributed by atoms with van der Waals surface area (Å²) in [6.45, 7) is 4.40. The third kappa shape index (κ3) is 12.2. The Morgan fingerprint density at radius 3 is 2.10 bits per heavy atom. The van der Waals surface area contributed by atoms with E-state index in [1.165, 1.54) is 32.7 Å². The number of ether oxygens (including phenoxy) is 1. The van der Waals surface area contributed by atoms with Gasteiger partial charge in [0.25, 0.3) is 0 Å². The number of imide groups is 2. The first-order valence-electron chi connectivity index (χ1n) is 21.3. The molecule has 2 unspecified atom stereocenters. The van der Waals surface area contributed by atoms with Crippen LogP contribution in [-0.4, -0.2) is 157 Å². The predicted molar refractivity (Wildman–Crippen MR) is 246 cm³/mol. The van der Waals surface area contributed by atoms with Crippen LogP contribution in [-0.2, 0) is 51.3 Å². The topological polar surface area (TPSA) is 351 Å². The lowest BCUT2D eigenvalue weighted by atomic mass is 9.72. The van der Waals surface area contributed by atoms with Gasteiger partial charge in [-0.05, 0) is 37.5 Å². The molecule has 368 valence electrons. The zero-order valence-corrected chi connectivity index (χ0v) is 38.9. The van der Waals surface area contributed by atoms with Crippen molar-refractivity contribution >= 4 is 99.6 Å². The maximum Gasteiger partial charge on any atom is 0.547 e. The summed E-state index contributed by atoms with van der Waals surface area (Å²) in [7, 11) is -1.56. The first kappa shape index (κ1) is 51.4. The summed E-state index contributed by atoms with van der Waals surface area (Å²) in [6, 6.07) is 10.9. The molecule has 0 radical (unpaired) electrons. The van der Waals surface area contributed by atoms with Crippen LogP contribution in [0.2, 0.25) is 0 Å². The number of piperazine rings is 2. The van der Waals surface area contributed by atoms with Gasteiger partial charge in [-0.25, -0.2) is 29.1 Å². The minimum Gasteiger partial charge on any atom is -0.534 e. The Kier molecular flexibility index (Phi) is 16.8. The highest BCUT2D eigenvalue weighted by Crippen LogP contribution is 2.31. The predicted octanol–water partition coefficient (Wildman–Crippen LogP) is 0.672. The number of carbonyl (C=O) groups is 10. The van der Waals surface area contributed by atoms with Gasteiger partial charge in [0.15, 0.2) is 16.3 Å². The number of aliphatic carboxylic acids is 1. The summed E-state index contributed by atoms with van der Waals surface area (Å²) in [6.07, 6.45) is -1.19. The summed E-state index contributed by atoms with van der Waals surface area (Å²) in [5.74, 6) is -9.81. The number of amides is 9. The van der Waals surface area contributed by atoms with Crippen LogP contribution in [0.1, 0.15) is 65.1 Å². The molecule has 0 aliphatic carbocycles. The molecule has 0 spiro atoms. The van der Waals surface area contributed by atoms with Crippen molar-refractivity contribution in [1.29, 1.82) is 0 Å². The van der Waals surface area contributed by atoms with Crippen LogP contribution in [0.3, 0.4) is 0 Å². The van der Waals surface area contributed by atoms with Gasteiger partial charge in [-0.1, -0.05) is 42.5 Å². The van der Waals surface area contributed by atoms with Crippen LogP contribution < -0.4 is 26.3 Å². The molecule has 28 heteroatoms. The molecule has 4 aromatic rings. The number of aromatic carboxylic acids is 1. The summed E-state index contributed by atoms with van der Waals surface area (Å²) in [5.41, 5.74) is 6.99. The van der Waals surface area contributed by atoms with Crippen LogP contribution in [0.5, 0.6) is 5.75 Å². The van der Waals surface area contributed by atoms with Crippen molar-refractivity contribution in [3.63, 3.8) is 0 Å². The van der Waals surface area contributed by atoms with E-state index in [1.54, 1.807) is 44.2 Å². The second kappa shape index (κ2) is 22.9. The molecule has 3 aliphatic rings. The molecule has 2 aromatic heterocycles. The molecular formula is C42H45BN10O15S2. The van der Waals surface area contributed by atoms with Crippen molar-refractivity contribution < 1.29 is 72.6 Å². The molecular weight excluding hydrogens is 959 g/mol. The van der Waals surface area contributed by atoms with Crippen molar-refractivity contribution in [2.75, 3.05) is 50.3 Å². The van der Waals surface area contributed by atoms with E-state index in [0.717, 1.165) is 33.1 Å². The number of nitrogens with zero attached hydrogens (tertiary/aromatic N) is 6. The molecule has 3 atom stereocenters. The molecule has 2 fully saturated rings. The van der Waals surface area contributed by atoms with Gasteiger partial charge in [-0.3, -0.25) is 43.9 Å². The minimum atomic E-state index is -1.60. The molecule has 25 nitrogen and oxygen atoms in total. The van der Waals surface area contributed by atoms with Gasteiger partial charge in [-0.2, -0.15) is 0 Å². The lowest BCUT2D eigenvalue weighted by Crippen LogP contribution is -2.58. The van der Waals surface area contributed by atoms with Crippen molar-refractivity contribution in [1.82, 2.24) is 40.2 Å². The number of carboxylic acid groups (broad SMARTS) is 2. The number of rotatable bonds is 14. The van der Waals surface area contributed by atoms with E-state index < -0.39 is 90.9 Å². The third-order valence-corrected chi connectivity index (χ3v) is 12.4. The Balaban J connectivity index is 0.000000231. The SMILES string of the molecule is CCN1CCN(C(=O)CC(C(=O)N[C@H]2Cc3cccc(C(=O)O)c3OB2O)c2csc(N)n2)C(=O)C1=O.CCN1CCN(C(=O)NC(C(=O)O)c2csc(NC(=O)OCc3ccccc3)n2)C(=O)C1=O. The van der Waals surface area contributed by atoms with Crippen LogP contribution in [0.4, 0.5) is 19.9 Å². The standard InChI is InChI=1S/C22H24BN5O8S.C20H21N5O7S/c1-2-27-6-7-28(20(32)19(27)31)16(29)9-13(14-10-37-22(24)25-14)18(30)26-15-8-11-4-3-5-12(21(33)34)17(11)36-23(15)35;1-2-24-8-9-25(16(27)15(24)26)19(30)22-14(17(28)29)13-11-33-18(21-13)23-20(31)32-10-12-6-4-3-5-7-12/h3-5,10,13,15,35H,2,6-9H2,1H3,(H2,24,25)(H,26,30)(H,33,34);3-7,11,14H,2,8-10H2,1H3,(H,22,30)(H,28,29)(H,21,23,31)/t13?,15-;/m0./s1. The van der Waals surface area contributed by atoms with Crippen LogP contribution >= 0.6 is 22.7 Å². The second-order valence-electron chi connectivity index (χ2n) is 15.4. The number of fused-ring (bicyclic) bond motifs is 1. The van der Waals surface area contributed by atoms with Crippen molar-refractivity contribution in [2.45, 2.75) is 51.2 Å². The lowest BCUT2D eigenvalue weighted by molar-refractivity contribution is -0.161. The fourth-order valence-corrected chi connectivity index (χ4v) is 8.59. The van der Waals surface area contributed by atoms with Crippen LogP contribution in [0, 0.1) is 0 Å². The number of carboxylic acids is 2. The fourth-order valence-electron chi connectivity index (χ4n) is 7.25. The van der Waals surface area contributed by atoms with Crippen molar-refractivity contribution in [3.05, 3.63) is 87.4 Å². The Bertz CT molecular complexity index is 2690. The number of likely N-dealkylation sites (N-methyl/N-ethyl adjacent to an activating group) is 2. The molecule has 9 amide bonds. The number of nitrogens with two attached hydrogens (primary N) is 1. The van der Waals surface area contributed by atoms with Crippen molar-refractivity contribution in [2.24, 2.45) is 0 Å². The average molecular weight is 1000 g/mol. The maximum absolute atomic E-state index is 13.3. The molecule has 3 aliphatic heterocycles. The molecule has 0 saturated carbocycles. The van der Waals surface area contributed by atoms with E-state index in [4.69, 9.17) is 15.1 Å². The Morgan fingerprint density at radius 2 is 1.49 bits per heavy atom. The monoisotopic (exact) mass is 1000 g/mol. The maximum atomic E-state index is 13.3. The van der Waals surface area contributed by atoms with Gasteiger partial charge >= 0.3 is 54.8 Å². The Hall–Kier alpha value is -7.98. The number of benzene rings is 2. The molecule has 70 heavy (non-hydrogen) atoms. The number of nitrogens with one attached hydrogen (secondary N) is 3. The van der Waals surface area contributed by atoms with Gasteiger partial charge in [0, 0.05) is 56.4 Å². The Morgan fingerprint density at radius 1 is 0.843 bits per heavy atom. The number of aromatic nitrogens is 2. The van der Waals surface area contributed by atoms with E-state index in [2.05, 4.69) is 25.9 Å². The first-order chi connectivity index (χ1) is 33.4. The number of hydrogen-bond acceptors (Lipinski definition) is 18. The smallest absolute Gasteiger partial charge is 0.534 e. The Labute approximate surface area is 405 Å². The molecule has 8 N–H and O–H groups in total. The van der Waals surface area contributed by atoms with Crippen LogP contribution in [0.15, 0.2) is 59.3 Å². The number of hydrogen-bond donors (Lipinski definition) is 7. The number of urea groups is 1. The van der Waals surface area contributed by atoms with Gasteiger partial charge in [0.05, 0.1) is 28.8 Å². The minimum absolute atomic E-state index is 0.00264. The van der Waals surface area contributed by atoms with Crippen molar-refractivity contribution in [3.8, 4) is 5.75 Å². The number of thiazole rings is 2. The zero-order chi connectivity index (χ0) is 50.8. The van der Waals surface area contributed by atoms with Gasteiger partial charge in [-0.15, -0.1) is 22.7 Å². The number of carbonyl (C=O) groups excluding carboxylic acids is 8. The van der Waals surface area contributed by atoms with E-state index >= 15 is 0 Å². The summed E-state index contributed by atoms with van der Waals surface area (Å²) < 4.78 is 10.5. The highest BCUT2D eigenvalue weighted by molar-refractivity contribution is 7.14. The zero-order valence-electron chi connectivity index (χ0n) is 37.3. The molecule has 0 bridgehead atoms. The molecule has 2 saturated heterocycles. The second-order valence-corrected chi connectivity index (χ2v) is 17.1. The summed E-state index contributed by atoms with van der Waals surface area (Å²) >= 11 is 2.00. The molecule has 5 heterocycles. The number of para-hydroxylation sites is 1. The van der Waals surface area contributed by atoms with Gasteiger partial charge in [0.2, 0.25) is 11.8 Å². The quantitative estimate of drug-likeness (QED) is 0.0674. The third-order valence-electron chi connectivity index (χ3n) is 11.0. The summed E-state index contributed by atoms with van der Waals surface area (Å²) in [4.78, 5) is 135. The lowest BCUT2D eigenvalue weighted by Gasteiger charge is -2.32. The highest BCUT2D eigenvalue weighted by atomic mass is 32.1. The number of anilines is 2. The van der Waals surface area contributed by atoms with Gasteiger partial charge < -0.3 is 50.8 Å². The highest BCUT2D eigenvalue weighted by Gasteiger charge is 2.42. The van der Waals surface area contributed by atoms with E-state index in [1.807, 2.05) is 6.07 Å². The van der Waals surface area contributed by atoms with E-state index in [0.29, 0.717) is 23.6 Å². The molecule has 7 rings (SSSR count). The van der Waals surface area contributed by atoms with Gasteiger partial charge in [0.1, 0.15) is 12.4 Å². The van der Waals surface area contributed by atoms with E-state index in [-0.39, 0.29) is 72.2 Å². The fraction of sp³-hybridized carbons (Fsp3) is 0.333. The molecule has 2 aromatic carbocycles. The van der Waals surface area contributed by atoms with Crippen LogP contribution in [0.25, 0.3) is 0 Å². The first-order valence-corrected chi connectivity index (χ1v) is 23.1. The normalized spacial score (nSPS) is 16.5. The van der Waals surface area contributed by atoms with E-state index in [9.17, 15) is 63.2 Å². The summed E-state index contributed by atoms with van der Waals surface area (Å²) in [5, 5.41) is 39.7.